The van der Waals surface area contributed by atoms with E-state index < -0.39 is 0 Å². The first kappa shape index (κ1) is 17.5. The molecule has 4 rings (SSSR count). The molecule has 6 nitrogen and oxygen atoms in total. The standard InChI is InChI=1S/C21H25N5O/c1-5-17-13(2)22-14(3)23-21(17)26-11-10-18-19(12-26)25-20(24-18)15-6-8-16(27-4)9-7-15/h6-9H,5,10-12H2,1-4H3,(H,24,25). The number of fused-ring (bicyclic) bond motifs is 1. The fraction of sp³-hybridized carbons (Fsp3) is 0.381. The molecule has 27 heavy (non-hydrogen) atoms. The summed E-state index contributed by atoms with van der Waals surface area (Å²) in [4.78, 5) is 20.0. The average Bonchev–Trinajstić information content (AvgIpc) is 3.10. The number of hydrogen-bond acceptors (Lipinski definition) is 5. The van der Waals surface area contributed by atoms with E-state index in [2.05, 4.69) is 28.7 Å². The molecular formula is C21H25N5O. The van der Waals surface area contributed by atoms with E-state index in [9.17, 15) is 0 Å². The smallest absolute Gasteiger partial charge is 0.137 e. The number of anilines is 1. The first-order valence-corrected chi connectivity index (χ1v) is 9.40. The summed E-state index contributed by atoms with van der Waals surface area (Å²) in [6.07, 6.45) is 1.85. The van der Waals surface area contributed by atoms with Crippen molar-refractivity contribution in [2.24, 2.45) is 0 Å². The van der Waals surface area contributed by atoms with Gasteiger partial charge in [-0.05, 0) is 44.5 Å². The third-order valence-electron chi connectivity index (χ3n) is 5.15. The molecule has 2 aromatic heterocycles. The van der Waals surface area contributed by atoms with Crippen LogP contribution < -0.4 is 9.64 Å². The second kappa shape index (κ2) is 7.02. The summed E-state index contributed by atoms with van der Waals surface area (Å²) in [5.41, 5.74) is 5.70. The monoisotopic (exact) mass is 363 g/mol. The molecule has 0 spiro atoms. The fourth-order valence-corrected chi connectivity index (χ4v) is 3.75. The van der Waals surface area contributed by atoms with Crippen molar-refractivity contribution in [1.29, 1.82) is 0 Å². The molecule has 1 aliphatic heterocycles. The Bertz CT molecular complexity index is 961. The van der Waals surface area contributed by atoms with Gasteiger partial charge in [0.05, 0.1) is 25.0 Å². The van der Waals surface area contributed by atoms with Gasteiger partial charge in [0.15, 0.2) is 0 Å². The van der Waals surface area contributed by atoms with E-state index in [1.165, 1.54) is 11.3 Å². The van der Waals surface area contributed by atoms with Crippen LogP contribution in [0.1, 0.15) is 35.4 Å². The summed E-state index contributed by atoms with van der Waals surface area (Å²) in [7, 11) is 1.68. The minimum atomic E-state index is 0.793. The van der Waals surface area contributed by atoms with E-state index in [-0.39, 0.29) is 0 Å². The van der Waals surface area contributed by atoms with Crippen molar-refractivity contribution in [3.63, 3.8) is 0 Å². The van der Waals surface area contributed by atoms with Crippen molar-refractivity contribution < 1.29 is 4.74 Å². The fourth-order valence-electron chi connectivity index (χ4n) is 3.75. The van der Waals surface area contributed by atoms with Crippen molar-refractivity contribution in [3.8, 4) is 17.1 Å². The lowest BCUT2D eigenvalue weighted by Crippen LogP contribution is -2.32. The molecule has 0 atom stereocenters. The zero-order valence-electron chi connectivity index (χ0n) is 16.3. The minimum absolute atomic E-state index is 0.793. The molecule has 0 radical (unpaired) electrons. The van der Waals surface area contributed by atoms with Gasteiger partial charge >= 0.3 is 0 Å². The van der Waals surface area contributed by atoms with Crippen LogP contribution in [0.4, 0.5) is 5.82 Å². The predicted molar refractivity (Wildman–Crippen MR) is 106 cm³/mol. The van der Waals surface area contributed by atoms with Crippen LogP contribution in [-0.4, -0.2) is 33.6 Å². The number of methoxy groups -OCH3 is 1. The Labute approximate surface area is 159 Å². The highest BCUT2D eigenvalue weighted by Crippen LogP contribution is 2.29. The Morgan fingerprint density at radius 3 is 2.59 bits per heavy atom. The summed E-state index contributed by atoms with van der Waals surface area (Å²) in [6, 6.07) is 7.99. The molecular weight excluding hydrogens is 338 g/mol. The van der Waals surface area contributed by atoms with Crippen LogP contribution in [0, 0.1) is 13.8 Å². The van der Waals surface area contributed by atoms with Crippen LogP contribution in [0.25, 0.3) is 11.4 Å². The summed E-state index contributed by atoms with van der Waals surface area (Å²) in [5, 5.41) is 0. The molecule has 0 fully saturated rings. The Hall–Kier alpha value is -2.89. The molecule has 1 aromatic carbocycles. The first-order valence-electron chi connectivity index (χ1n) is 9.40. The van der Waals surface area contributed by atoms with Crippen molar-refractivity contribution in [2.75, 3.05) is 18.6 Å². The zero-order valence-corrected chi connectivity index (χ0v) is 16.3. The lowest BCUT2D eigenvalue weighted by atomic mass is 10.1. The van der Waals surface area contributed by atoms with E-state index >= 15 is 0 Å². The maximum Gasteiger partial charge on any atom is 0.137 e. The molecule has 3 aromatic rings. The highest BCUT2D eigenvalue weighted by Gasteiger charge is 2.24. The van der Waals surface area contributed by atoms with E-state index in [0.29, 0.717) is 0 Å². The molecule has 0 saturated carbocycles. The van der Waals surface area contributed by atoms with Crippen molar-refractivity contribution in [3.05, 3.63) is 52.7 Å². The van der Waals surface area contributed by atoms with Gasteiger partial charge < -0.3 is 14.6 Å². The topological polar surface area (TPSA) is 66.9 Å². The lowest BCUT2D eigenvalue weighted by Gasteiger charge is -2.29. The van der Waals surface area contributed by atoms with Gasteiger partial charge in [0, 0.05) is 29.8 Å². The Morgan fingerprint density at radius 2 is 1.89 bits per heavy atom. The number of aryl methyl sites for hydroxylation is 2. The largest absolute Gasteiger partial charge is 0.497 e. The van der Waals surface area contributed by atoms with Crippen LogP contribution in [-0.2, 0) is 19.4 Å². The maximum atomic E-state index is 5.24. The number of aromatic nitrogens is 4. The van der Waals surface area contributed by atoms with Gasteiger partial charge in [-0.2, -0.15) is 0 Å². The number of nitrogens with zero attached hydrogens (tertiary/aromatic N) is 4. The second-order valence-electron chi connectivity index (χ2n) is 6.92. The molecule has 0 unspecified atom stereocenters. The molecule has 0 amide bonds. The van der Waals surface area contributed by atoms with Crippen LogP contribution >= 0.6 is 0 Å². The van der Waals surface area contributed by atoms with Crippen molar-refractivity contribution in [2.45, 2.75) is 40.2 Å². The second-order valence-corrected chi connectivity index (χ2v) is 6.92. The summed E-state index contributed by atoms with van der Waals surface area (Å²) < 4.78 is 5.24. The zero-order chi connectivity index (χ0) is 19.0. The number of aromatic amines is 1. The van der Waals surface area contributed by atoms with E-state index in [1.54, 1.807) is 7.11 Å². The van der Waals surface area contributed by atoms with Crippen LogP contribution in [0.3, 0.4) is 0 Å². The van der Waals surface area contributed by atoms with E-state index in [4.69, 9.17) is 14.7 Å². The molecule has 0 bridgehead atoms. The quantitative estimate of drug-likeness (QED) is 0.767. The number of benzene rings is 1. The van der Waals surface area contributed by atoms with Gasteiger partial charge in [-0.1, -0.05) is 6.92 Å². The van der Waals surface area contributed by atoms with Gasteiger partial charge in [0.1, 0.15) is 23.2 Å². The third kappa shape index (κ3) is 3.27. The third-order valence-corrected chi connectivity index (χ3v) is 5.15. The maximum absolute atomic E-state index is 5.24. The van der Waals surface area contributed by atoms with Crippen LogP contribution in [0.2, 0.25) is 0 Å². The summed E-state index contributed by atoms with van der Waals surface area (Å²) in [6.45, 7) is 7.91. The van der Waals surface area contributed by atoms with Crippen molar-refractivity contribution >= 4 is 5.82 Å². The summed E-state index contributed by atoms with van der Waals surface area (Å²) in [5.74, 6) is 3.65. The number of imidazole rings is 1. The van der Waals surface area contributed by atoms with E-state index in [0.717, 1.165) is 66.1 Å². The Balaban J connectivity index is 1.63. The number of rotatable bonds is 4. The van der Waals surface area contributed by atoms with Crippen LogP contribution in [0.5, 0.6) is 5.75 Å². The minimum Gasteiger partial charge on any atom is -0.497 e. The Morgan fingerprint density at radius 1 is 1.11 bits per heavy atom. The highest BCUT2D eigenvalue weighted by molar-refractivity contribution is 5.58. The van der Waals surface area contributed by atoms with Gasteiger partial charge in [-0.3, -0.25) is 0 Å². The predicted octanol–water partition coefficient (Wildman–Crippen LogP) is 3.62. The molecule has 0 aliphatic carbocycles. The normalized spacial score (nSPS) is 13.6. The van der Waals surface area contributed by atoms with Gasteiger partial charge in [-0.25, -0.2) is 15.0 Å². The molecule has 140 valence electrons. The van der Waals surface area contributed by atoms with E-state index in [1.807, 2.05) is 31.2 Å². The SMILES string of the molecule is CCc1c(C)nc(C)nc1N1CCc2nc(-c3ccc(OC)cc3)[nH]c2C1. The molecule has 1 N–H and O–H groups in total. The molecule has 0 saturated heterocycles. The number of nitrogens with one attached hydrogen (secondary N) is 1. The first-order chi connectivity index (χ1) is 13.1. The number of H-pyrrole nitrogens is 1. The lowest BCUT2D eigenvalue weighted by molar-refractivity contribution is 0.415. The number of ether oxygens (including phenoxy) is 1. The molecule has 1 aliphatic rings. The Kier molecular flexibility index (Phi) is 4.56. The molecule has 6 heteroatoms. The van der Waals surface area contributed by atoms with Gasteiger partial charge in [-0.15, -0.1) is 0 Å². The number of hydrogen-bond donors (Lipinski definition) is 1. The van der Waals surface area contributed by atoms with Crippen molar-refractivity contribution in [1.82, 2.24) is 19.9 Å². The highest BCUT2D eigenvalue weighted by atomic mass is 16.5. The summed E-state index contributed by atoms with van der Waals surface area (Å²) >= 11 is 0. The molecule has 3 heterocycles. The van der Waals surface area contributed by atoms with Gasteiger partial charge in [0.25, 0.3) is 0 Å². The van der Waals surface area contributed by atoms with Gasteiger partial charge in [0.2, 0.25) is 0 Å². The average molecular weight is 363 g/mol. The van der Waals surface area contributed by atoms with Crippen LogP contribution in [0.15, 0.2) is 24.3 Å².